The monoisotopic (exact) mass is 318 g/mol. The molecule has 1 saturated heterocycles. The summed E-state index contributed by atoms with van der Waals surface area (Å²) in [4.78, 5) is 13.2. The number of amides is 1. The summed E-state index contributed by atoms with van der Waals surface area (Å²) in [5, 5.41) is 3.35. The van der Waals surface area contributed by atoms with Gasteiger partial charge >= 0.3 is 0 Å². The van der Waals surface area contributed by atoms with Gasteiger partial charge in [-0.3, -0.25) is 4.79 Å². The van der Waals surface area contributed by atoms with Gasteiger partial charge in [-0.2, -0.15) is 0 Å². The van der Waals surface area contributed by atoms with Crippen molar-refractivity contribution in [2.45, 2.75) is 58.0 Å². The van der Waals surface area contributed by atoms with E-state index in [0.717, 1.165) is 18.5 Å². The van der Waals surface area contributed by atoms with Crippen molar-refractivity contribution >= 4 is 18.9 Å². The van der Waals surface area contributed by atoms with Crippen LogP contribution < -0.4 is 5.32 Å². The third-order valence-corrected chi connectivity index (χ3v) is 12.1. The minimum atomic E-state index is -1.10. The minimum absolute atomic E-state index is 0.0247. The Hall–Kier alpha value is -0.880. The lowest BCUT2D eigenvalue weighted by Gasteiger charge is -2.36. The largest absolute Gasteiger partial charge is 0.322 e. The van der Waals surface area contributed by atoms with Crippen molar-refractivity contribution in [2.75, 3.05) is 23.8 Å². The number of carbonyl (C=O) groups is 1. The maximum Gasteiger partial charge on any atom is 0.268 e. The van der Waals surface area contributed by atoms with Crippen LogP contribution in [0.4, 0.5) is 5.69 Å². The number of anilines is 1. The second kappa shape index (κ2) is 5.96. The highest BCUT2D eigenvalue weighted by atomic mass is 31.2. The molecule has 1 aromatic carbocycles. The van der Waals surface area contributed by atoms with Gasteiger partial charge < -0.3 is 5.32 Å². The van der Waals surface area contributed by atoms with Gasteiger partial charge in [-0.25, -0.2) is 0 Å². The molecule has 0 aromatic heterocycles. The highest BCUT2D eigenvalue weighted by Crippen LogP contribution is 2.79. The normalized spacial score (nSPS) is 22.1. The maximum atomic E-state index is 13.2. The lowest BCUT2D eigenvalue weighted by Crippen LogP contribution is -2.37. The Kier molecular flexibility index (Phi) is 4.34. The third-order valence-electron chi connectivity index (χ3n) is 6.05. The Balaban J connectivity index is 1.85. The molecule has 0 radical (unpaired) electrons. The van der Waals surface area contributed by atoms with Crippen molar-refractivity contribution in [3.63, 3.8) is 0 Å². The second-order valence-electron chi connectivity index (χ2n) is 7.22. The van der Waals surface area contributed by atoms with Gasteiger partial charge in [0.05, 0.1) is 18.5 Å². The van der Waals surface area contributed by atoms with Crippen molar-refractivity contribution in [3.8, 4) is 0 Å². The predicted octanol–water partition coefficient (Wildman–Crippen LogP) is 5.00. The Morgan fingerprint density at radius 2 is 1.73 bits per heavy atom. The number of aryl methyl sites for hydroxylation is 2. The van der Waals surface area contributed by atoms with Gasteiger partial charge in [-0.15, -0.1) is 0 Å². The van der Waals surface area contributed by atoms with Crippen molar-refractivity contribution in [1.82, 2.24) is 0 Å². The van der Waals surface area contributed by atoms with E-state index < -0.39 is 7.26 Å². The number of hydrogen-bond acceptors (Lipinski definition) is 1. The molecule has 2 aliphatic rings. The van der Waals surface area contributed by atoms with Crippen LogP contribution in [0.5, 0.6) is 0 Å². The average Bonchev–Trinajstić information content (AvgIpc) is 3.34. The SMILES string of the molecule is CC[P+]1(C2(C(=O)Nc3c(C)cccc3C)CC2)CCCCC1. The van der Waals surface area contributed by atoms with Gasteiger partial charge in [-0.1, -0.05) is 18.2 Å². The molecular weight excluding hydrogens is 289 g/mol. The molecule has 1 aliphatic carbocycles. The van der Waals surface area contributed by atoms with E-state index in [0.29, 0.717) is 5.91 Å². The number of carbonyl (C=O) groups excluding carboxylic acids is 1. The summed E-state index contributed by atoms with van der Waals surface area (Å²) in [5.74, 6) is 0.335. The maximum absolute atomic E-state index is 13.2. The molecule has 1 aromatic rings. The molecule has 3 heteroatoms. The van der Waals surface area contributed by atoms with Crippen LogP contribution in [0.15, 0.2) is 18.2 Å². The fraction of sp³-hybridized carbons (Fsp3) is 0.632. The highest BCUT2D eigenvalue weighted by molar-refractivity contribution is 7.78. The van der Waals surface area contributed by atoms with Crippen LogP contribution in [-0.4, -0.2) is 29.5 Å². The predicted molar refractivity (Wildman–Crippen MR) is 97.6 cm³/mol. The molecule has 0 atom stereocenters. The Labute approximate surface area is 135 Å². The Morgan fingerprint density at radius 3 is 2.23 bits per heavy atom. The zero-order chi connectivity index (χ0) is 15.8. The third kappa shape index (κ3) is 2.50. The number of para-hydroxylation sites is 1. The van der Waals surface area contributed by atoms with Crippen molar-refractivity contribution in [2.24, 2.45) is 0 Å². The van der Waals surface area contributed by atoms with Crippen molar-refractivity contribution in [1.29, 1.82) is 0 Å². The molecular formula is C19H29NOP+. The number of benzene rings is 1. The zero-order valence-corrected chi connectivity index (χ0v) is 15.1. The van der Waals surface area contributed by atoms with Gasteiger partial charge in [-0.05, 0) is 51.2 Å². The van der Waals surface area contributed by atoms with Gasteiger partial charge in [0.15, 0.2) is 5.16 Å². The van der Waals surface area contributed by atoms with E-state index in [2.05, 4.69) is 44.3 Å². The fourth-order valence-corrected chi connectivity index (χ4v) is 9.96. The quantitative estimate of drug-likeness (QED) is 0.778. The first-order valence-electron chi connectivity index (χ1n) is 8.78. The van der Waals surface area contributed by atoms with E-state index in [1.54, 1.807) is 0 Å². The lowest BCUT2D eigenvalue weighted by molar-refractivity contribution is -0.116. The standard InChI is InChI=1S/C19H28NOP/c1-4-22(13-6-5-7-14-22)19(11-12-19)18(21)20-17-15(2)9-8-10-16(17)3/h8-10H,4-7,11-14H2,1-3H3/p+1. The van der Waals surface area contributed by atoms with Crippen LogP contribution in [0.25, 0.3) is 0 Å². The summed E-state index contributed by atoms with van der Waals surface area (Å²) in [5.41, 5.74) is 3.40. The van der Waals surface area contributed by atoms with Gasteiger partial charge in [0.1, 0.15) is 0 Å². The van der Waals surface area contributed by atoms with E-state index in [4.69, 9.17) is 0 Å². The smallest absolute Gasteiger partial charge is 0.268 e. The first-order chi connectivity index (χ1) is 10.5. The molecule has 0 bridgehead atoms. The summed E-state index contributed by atoms with van der Waals surface area (Å²) in [6, 6.07) is 6.25. The van der Waals surface area contributed by atoms with Crippen LogP contribution in [0.3, 0.4) is 0 Å². The van der Waals surface area contributed by atoms with Gasteiger partial charge in [0.25, 0.3) is 5.91 Å². The summed E-state index contributed by atoms with van der Waals surface area (Å²) >= 11 is 0. The van der Waals surface area contributed by atoms with E-state index in [1.165, 1.54) is 48.9 Å². The van der Waals surface area contributed by atoms with Crippen LogP contribution in [-0.2, 0) is 4.79 Å². The van der Waals surface area contributed by atoms with Gasteiger partial charge in [0.2, 0.25) is 0 Å². The van der Waals surface area contributed by atoms with Gasteiger partial charge in [0, 0.05) is 25.8 Å². The van der Waals surface area contributed by atoms with E-state index in [-0.39, 0.29) is 5.16 Å². The second-order valence-corrected chi connectivity index (χ2v) is 11.9. The van der Waals surface area contributed by atoms with Crippen molar-refractivity contribution < 1.29 is 4.79 Å². The number of nitrogens with one attached hydrogen (secondary N) is 1. The van der Waals surface area contributed by atoms with E-state index >= 15 is 0 Å². The molecule has 22 heavy (non-hydrogen) atoms. The molecule has 0 unspecified atom stereocenters. The zero-order valence-electron chi connectivity index (χ0n) is 14.2. The van der Waals surface area contributed by atoms with E-state index in [9.17, 15) is 4.79 Å². The average molecular weight is 318 g/mol. The topological polar surface area (TPSA) is 29.1 Å². The molecule has 1 amide bonds. The fourth-order valence-electron chi connectivity index (χ4n) is 4.44. The minimum Gasteiger partial charge on any atom is -0.322 e. The molecule has 1 saturated carbocycles. The highest BCUT2D eigenvalue weighted by Gasteiger charge is 2.69. The first-order valence-corrected chi connectivity index (χ1v) is 11.1. The molecule has 2 nitrogen and oxygen atoms in total. The summed E-state index contributed by atoms with van der Waals surface area (Å²) in [7, 11) is -1.10. The summed E-state index contributed by atoms with van der Waals surface area (Å²) in [6.07, 6.45) is 10.3. The molecule has 2 fully saturated rings. The van der Waals surface area contributed by atoms with E-state index in [1.807, 2.05) is 0 Å². The van der Waals surface area contributed by atoms with Crippen LogP contribution in [0.2, 0.25) is 0 Å². The summed E-state index contributed by atoms with van der Waals surface area (Å²) < 4.78 is 0. The molecule has 1 aliphatic heterocycles. The summed E-state index contributed by atoms with van der Waals surface area (Å²) in [6.45, 7) is 6.52. The first kappa shape index (κ1) is 16.0. The molecule has 120 valence electrons. The number of hydrogen-bond donors (Lipinski definition) is 1. The molecule has 1 N–H and O–H groups in total. The van der Waals surface area contributed by atoms with Crippen LogP contribution >= 0.6 is 7.26 Å². The van der Waals surface area contributed by atoms with Crippen LogP contribution in [0, 0.1) is 13.8 Å². The number of rotatable bonds is 4. The Morgan fingerprint density at radius 1 is 1.14 bits per heavy atom. The molecule has 1 heterocycles. The lowest BCUT2D eigenvalue weighted by atomic mass is 10.1. The molecule has 0 spiro atoms. The van der Waals surface area contributed by atoms with Crippen molar-refractivity contribution in [3.05, 3.63) is 29.3 Å². The molecule has 3 rings (SSSR count). The Bertz CT molecular complexity index is 551. The van der Waals surface area contributed by atoms with Crippen LogP contribution in [0.1, 0.15) is 50.2 Å².